The van der Waals surface area contributed by atoms with Crippen molar-refractivity contribution in [3.8, 4) is 0 Å². The number of amides is 1. The maximum atomic E-state index is 12.6. The summed E-state index contributed by atoms with van der Waals surface area (Å²) in [5.41, 5.74) is 4.46. The number of thiazole rings is 1. The molecule has 0 unspecified atom stereocenters. The van der Waals surface area contributed by atoms with Crippen molar-refractivity contribution >= 4 is 46.3 Å². The topological polar surface area (TPSA) is 71.5 Å². The number of anilines is 2. The lowest BCUT2D eigenvalue weighted by Crippen LogP contribution is -2.22. The predicted octanol–water partition coefficient (Wildman–Crippen LogP) is 5.45. The first-order valence-electron chi connectivity index (χ1n) is 10.9. The van der Waals surface area contributed by atoms with E-state index in [1.54, 1.807) is 23.5 Å². The Bertz CT molecular complexity index is 1140. The summed E-state index contributed by atoms with van der Waals surface area (Å²) < 4.78 is 5.31. The Morgan fingerprint density at radius 1 is 1.15 bits per heavy atom. The van der Waals surface area contributed by atoms with Gasteiger partial charge < -0.3 is 15.0 Å². The summed E-state index contributed by atoms with van der Waals surface area (Å²) >= 11 is 3.14. The highest BCUT2D eigenvalue weighted by atomic mass is 32.2. The van der Waals surface area contributed by atoms with Crippen molar-refractivity contribution in [1.29, 1.82) is 0 Å². The van der Waals surface area contributed by atoms with Crippen molar-refractivity contribution in [3.05, 3.63) is 69.7 Å². The summed E-state index contributed by atoms with van der Waals surface area (Å²) in [4.78, 5) is 32.7. The van der Waals surface area contributed by atoms with E-state index in [2.05, 4.69) is 15.2 Å². The number of ether oxygens (including phenoxy) is 1. The molecule has 8 heteroatoms. The lowest BCUT2D eigenvalue weighted by Gasteiger charge is -2.20. The number of aryl methyl sites for hydroxylation is 2. The van der Waals surface area contributed by atoms with Gasteiger partial charge in [0.25, 0.3) is 5.91 Å². The second-order valence-electron chi connectivity index (χ2n) is 7.96. The first-order chi connectivity index (χ1) is 16.0. The fourth-order valence-electron chi connectivity index (χ4n) is 3.84. The van der Waals surface area contributed by atoms with Gasteiger partial charge in [-0.05, 0) is 62.6 Å². The minimum Gasteiger partial charge on any atom is -0.452 e. The highest BCUT2D eigenvalue weighted by Crippen LogP contribution is 2.28. The van der Waals surface area contributed by atoms with Crippen molar-refractivity contribution in [3.63, 3.8) is 0 Å². The van der Waals surface area contributed by atoms with Crippen LogP contribution in [-0.2, 0) is 15.3 Å². The molecule has 3 aromatic rings. The molecule has 1 aliphatic rings. The summed E-state index contributed by atoms with van der Waals surface area (Å²) in [5.74, 6) is -0.204. The van der Waals surface area contributed by atoms with Crippen molar-refractivity contribution in [2.75, 3.05) is 29.9 Å². The Kier molecular flexibility index (Phi) is 7.67. The van der Waals surface area contributed by atoms with Gasteiger partial charge in [0.05, 0.1) is 16.3 Å². The van der Waals surface area contributed by atoms with E-state index in [0.29, 0.717) is 17.0 Å². The normalized spacial score (nSPS) is 13.2. The van der Waals surface area contributed by atoms with Gasteiger partial charge in [-0.25, -0.2) is 9.78 Å². The van der Waals surface area contributed by atoms with E-state index in [1.165, 1.54) is 30.3 Å². The summed E-state index contributed by atoms with van der Waals surface area (Å²) in [7, 11) is 0. The second kappa shape index (κ2) is 10.9. The highest BCUT2D eigenvalue weighted by Gasteiger charge is 2.17. The number of nitrogens with one attached hydrogen (secondary N) is 1. The monoisotopic (exact) mass is 481 g/mol. The molecule has 172 valence electrons. The maximum absolute atomic E-state index is 12.6. The highest BCUT2D eigenvalue weighted by molar-refractivity contribution is 7.98. The van der Waals surface area contributed by atoms with Gasteiger partial charge >= 0.3 is 5.97 Å². The third-order valence-electron chi connectivity index (χ3n) is 5.41. The molecule has 1 aromatic heterocycles. The lowest BCUT2D eigenvalue weighted by molar-refractivity contribution is -0.119. The minimum atomic E-state index is -0.511. The van der Waals surface area contributed by atoms with Crippen molar-refractivity contribution < 1.29 is 14.3 Å². The molecule has 2 heterocycles. The first-order valence-corrected chi connectivity index (χ1v) is 12.8. The third-order valence-corrected chi connectivity index (χ3v) is 7.34. The summed E-state index contributed by atoms with van der Waals surface area (Å²) in [5, 5.41) is 5.86. The van der Waals surface area contributed by atoms with E-state index in [9.17, 15) is 9.59 Å². The van der Waals surface area contributed by atoms with E-state index in [-0.39, 0.29) is 12.5 Å². The average molecular weight is 482 g/mol. The van der Waals surface area contributed by atoms with Crippen LogP contribution in [0.1, 0.15) is 39.5 Å². The van der Waals surface area contributed by atoms with Crippen LogP contribution in [-0.4, -0.2) is 36.6 Å². The van der Waals surface area contributed by atoms with Crippen LogP contribution < -0.4 is 10.2 Å². The Balaban J connectivity index is 1.31. The van der Waals surface area contributed by atoms with Gasteiger partial charge in [0.15, 0.2) is 6.61 Å². The number of esters is 1. The van der Waals surface area contributed by atoms with Crippen LogP contribution in [0.5, 0.6) is 0 Å². The number of hydrogen-bond acceptors (Lipinski definition) is 7. The van der Waals surface area contributed by atoms with E-state index < -0.39 is 5.97 Å². The zero-order valence-electron chi connectivity index (χ0n) is 18.8. The number of benzene rings is 2. The zero-order chi connectivity index (χ0) is 23.2. The molecule has 0 saturated carbocycles. The van der Waals surface area contributed by atoms with Crippen LogP contribution in [0, 0.1) is 13.8 Å². The Morgan fingerprint density at radius 2 is 1.94 bits per heavy atom. The quantitative estimate of drug-likeness (QED) is 0.341. The van der Waals surface area contributed by atoms with Crippen molar-refractivity contribution in [1.82, 2.24) is 4.98 Å². The fraction of sp³-hybridized carbons (Fsp3) is 0.320. The molecular weight excluding hydrogens is 454 g/mol. The summed E-state index contributed by atoms with van der Waals surface area (Å²) in [6.07, 6.45) is 2.44. The maximum Gasteiger partial charge on any atom is 0.339 e. The van der Waals surface area contributed by atoms with E-state index in [0.717, 1.165) is 34.2 Å². The van der Waals surface area contributed by atoms with Gasteiger partial charge in [0, 0.05) is 40.5 Å². The van der Waals surface area contributed by atoms with Crippen LogP contribution in [0.2, 0.25) is 0 Å². The van der Waals surface area contributed by atoms with Gasteiger partial charge in [0.1, 0.15) is 0 Å². The van der Waals surface area contributed by atoms with Crippen molar-refractivity contribution in [2.45, 2.75) is 37.3 Å². The summed E-state index contributed by atoms with van der Waals surface area (Å²) in [6.45, 7) is 5.83. The molecule has 0 atom stereocenters. The van der Waals surface area contributed by atoms with Gasteiger partial charge in [0.2, 0.25) is 0 Å². The first kappa shape index (κ1) is 23.3. The SMILES string of the molecule is Cc1nc(CSc2ccccc2C(=O)OCC(=O)Nc2ccc(N3CCCC3)c(C)c2)cs1. The second-order valence-corrected chi connectivity index (χ2v) is 10.0. The molecule has 0 radical (unpaired) electrons. The molecule has 1 aliphatic heterocycles. The smallest absolute Gasteiger partial charge is 0.339 e. The van der Waals surface area contributed by atoms with E-state index in [1.807, 2.05) is 49.6 Å². The molecule has 2 aromatic carbocycles. The van der Waals surface area contributed by atoms with Gasteiger partial charge in [-0.1, -0.05) is 12.1 Å². The summed E-state index contributed by atoms with van der Waals surface area (Å²) in [6, 6.07) is 13.2. The Hall–Kier alpha value is -2.84. The molecule has 1 fully saturated rings. The number of aromatic nitrogens is 1. The molecule has 33 heavy (non-hydrogen) atoms. The predicted molar refractivity (Wildman–Crippen MR) is 134 cm³/mol. The van der Waals surface area contributed by atoms with Crippen LogP contribution >= 0.6 is 23.1 Å². The molecule has 1 amide bonds. The van der Waals surface area contributed by atoms with Gasteiger partial charge in [-0.3, -0.25) is 4.79 Å². The molecule has 4 rings (SSSR count). The Labute approximate surface area is 202 Å². The standard InChI is InChI=1S/C25H27N3O3S2/c1-17-13-19(9-10-22(17)28-11-5-6-12-28)27-24(29)14-31-25(30)21-7-3-4-8-23(21)33-16-20-15-32-18(2)26-20/h3-4,7-10,13,15H,5-6,11-12,14,16H2,1-2H3,(H,27,29). The number of rotatable bonds is 8. The fourth-order valence-corrected chi connectivity index (χ4v) is 5.49. The van der Waals surface area contributed by atoms with Gasteiger partial charge in [-0.2, -0.15) is 0 Å². The van der Waals surface area contributed by atoms with Crippen molar-refractivity contribution in [2.24, 2.45) is 0 Å². The van der Waals surface area contributed by atoms with Gasteiger partial charge in [-0.15, -0.1) is 23.1 Å². The number of nitrogens with zero attached hydrogens (tertiary/aromatic N) is 2. The molecule has 1 N–H and O–H groups in total. The number of carbonyl (C=O) groups is 2. The minimum absolute atomic E-state index is 0.337. The molecular formula is C25H27N3O3S2. The van der Waals surface area contributed by atoms with Crippen LogP contribution in [0.25, 0.3) is 0 Å². The molecule has 0 bridgehead atoms. The van der Waals surface area contributed by atoms with Crippen LogP contribution in [0.4, 0.5) is 11.4 Å². The number of carbonyl (C=O) groups excluding carboxylic acids is 2. The largest absolute Gasteiger partial charge is 0.452 e. The molecule has 1 saturated heterocycles. The average Bonchev–Trinajstić information content (AvgIpc) is 3.48. The zero-order valence-corrected chi connectivity index (χ0v) is 20.4. The van der Waals surface area contributed by atoms with Crippen LogP contribution in [0.15, 0.2) is 52.7 Å². The molecule has 0 aliphatic carbocycles. The number of hydrogen-bond donors (Lipinski definition) is 1. The Morgan fingerprint density at radius 3 is 2.67 bits per heavy atom. The lowest BCUT2D eigenvalue weighted by atomic mass is 10.1. The molecule has 0 spiro atoms. The number of thioether (sulfide) groups is 1. The van der Waals surface area contributed by atoms with E-state index >= 15 is 0 Å². The third kappa shape index (κ3) is 6.15. The van der Waals surface area contributed by atoms with E-state index in [4.69, 9.17) is 4.74 Å². The molecule has 6 nitrogen and oxygen atoms in total. The van der Waals surface area contributed by atoms with Crippen LogP contribution in [0.3, 0.4) is 0 Å².